The average molecular weight is 505 g/mol. The van der Waals surface area contributed by atoms with Gasteiger partial charge in [0.2, 0.25) is 16.0 Å². The van der Waals surface area contributed by atoms with E-state index in [4.69, 9.17) is 20.4 Å². The summed E-state index contributed by atoms with van der Waals surface area (Å²) >= 11 is 1.69. The molecule has 11 nitrogen and oxygen atoms in total. The maximum absolute atomic E-state index is 11.9. The maximum atomic E-state index is 11.9. The molecule has 3 aromatic rings. The van der Waals surface area contributed by atoms with Crippen LogP contribution in [0.3, 0.4) is 0 Å². The predicted molar refractivity (Wildman–Crippen MR) is 132 cm³/mol. The maximum Gasteiger partial charge on any atom is 0.219 e. The van der Waals surface area contributed by atoms with Crippen LogP contribution in [-0.4, -0.2) is 95.8 Å². The van der Waals surface area contributed by atoms with E-state index in [1.165, 1.54) is 11.1 Å². The van der Waals surface area contributed by atoms with Gasteiger partial charge in [0.25, 0.3) is 0 Å². The van der Waals surface area contributed by atoms with Gasteiger partial charge < -0.3 is 15.4 Å². The van der Waals surface area contributed by atoms with Crippen molar-refractivity contribution in [3.05, 3.63) is 23.3 Å². The molecule has 0 bridgehead atoms. The summed E-state index contributed by atoms with van der Waals surface area (Å²) in [6.45, 7) is 7.36. The molecule has 2 saturated heterocycles. The first kappa shape index (κ1) is 23.3. The number of morpholine rings is 1. The lowest BCUT2D eigenvalue weighted by molar-refractivity contribution is 0.122. The quantitative estimate of drug-likeness (QED) is 0.537. The van der Waals surface area contributed by atoms with Crippen molar-refractivity contribution in [2.24, 2.45) is 0 Å². The number of nitrogens with two attached hydrogens (primary N) is 1. The summed E-state index contributed by atoms with van der Waals surface area (Å²) in [7, 11) is -3.17. The zero-order valence-corrected chi connectivity index (χ0v) is 20.8. The fraction of sp³-hybridized carbons (Fsp3) is 0.524. The van der Waals surface area contributed by atoms with Crippen molar-refractivity contribution in [2.75, 3.05) is 62.8 Å². The van der Waals surface area contributed by atoms with Crippen LogP contribution in [0.4, 0.5) is 11.8 Å². The molecule has 0 unspecified atom stereocenters. The van der Waals surface area contributed by atoms with E-state index in [9.17, 15) is 8.42 Å². The van der Waals surface area contributed by atoms with E-state index < -0.39 is 10.0 Å². The molecule has 1 atom stereocenters. The van der Waals surface area contributed by atoms with Crippen LogP contribution in [0.15, 0.2) is 18.5 Å². The summed E-state index contributed by atoms with van der Waals surface area (Å²) < 4.78 is 32.0. The standard InChI is InChI=1S/C21H28N8O3S2/c1-14-12-29(34(2,30)31)4-3-28(14)13-16-9-17-18(33-16)20(27-5-7-32-8-6-27)26-19(25-17)15-10-23-21(22)24-11-15/h9-11,14H,3-8,12-13H2,1-2H3,(H2,22,23,24)/t14-/m0/s1. The number of fused-ring (bicyclic) bond motifs is 1. The summed E-state index contributed by atoms with van der Waals surface area (Å²) in [6, 6.07) is 2.24. The number of piperazine rings is 1. The van der Waals surface area contributed by atoms with Crippen molar-refractivity contribution in [2.45, 2.75) is 19.5 Å². The predicted octanol–water partition coefficient (Wildman–Crippen LogP) is 1.03. The van der Waals surface area contributed by atoms with E-state index in [1.807, 2.05) is 0 Å². The van der Waals surface area contributed by atoms with Gasteiger partial charge in [-0.2, -0.15) is 4.31 Å². The van der Waals surface area contributed by atoms with Crippen molar-refractivity contribution < 1.29 is 13.2 Å². The number of thiophene rings is 1. The van der Waals surface area contributed by atoms with Crippen LogP contribution in [0.2, 0.25) is 0 Å². The van der Waals surface area contributed by atoms with Crippen molar-refractivity contribution in [3.8, 4) is 11.4 Å². The zero-order chi connectivity index (χ0) is 23.9. The lowest BCUT2D eigenvalue weighted by Crippen LogP contribution is -2.52. The van der Waals surface area contributed by atoms with Gasteiger partial charge in [-0.05, 0) is 13.0 Å². The molecule has 0 aliphatic carbocycles. The van der Waals surface area contributed by atoms with E-state index in [-0.39, 0.29) is 12.0 Å². The number of hydrogen-bond donors (Lipinski definition) is 1. The van der Waals surface area contributed by atoms with E-state index in [2.05, 4.69) is 32.8 Å². The lowest BCUT2D eigenvalue weighted by atomic mass is 10.2. The highest BCUT2D eigenvalue weighted by Crippen LogP contribution is 2.35. The number of nitrogens with zero attached hydrogens (tertiary/aromatic N) is 7. The lowest BCUT2D eigenvalue weighted by Gasteiger charge is -2.38. The summed E-state index contributed by atoms with van der Waals surface area (Å²) in [5.41, 5.74) is 7.25. The first-order valence-electron chi connectivity index (χ1n) is 11.2. The number of hydrogen-bond acceptors (Lipinski definition) is 11. The molecule has 2 N–H and O–H groups in total. The van der Waals surface area contributed by atoms with Gasteiger partial charge in [0.05, 0.1) is 35.2 Å². The van der Waals surface area contributed by atoms with Gasteiger partial charge >= 0.3 is 0 Å². The van der Waals surface area contributed by atoms with Gasteiger partial charge in [-0.15, -0.1) is 11.3 Å². The fourth-order valence-corrected chi connectivity index (χ4v) is 6.35. The van der Waals surface area contributed by atoms with Crippen molar-refractivity contribution in [1.82, 2.24) is 29.1 Å². The van der Waals surface area contributed by atoms with Gasteiger partial charge in [0.1, 0.15) is 0 Å². The third-order valence-electron chi connectivity index (χ3n) is 6.20. The highest BCUT2D eigenvalue weighted by molar-refractivity contribution is 7.88. The summed E-state index contributed by atoms with van der Waals surface area (Å²) in [5.74, 6) is 1.67. The molecule has 0 saturated carbocycles. The number of nitrogen functional groups attached to an aromatic ring is 1. The fourth-order valence-electron chi connectivity index (χ4n) is 4.31. The van der Waals surface area contributed by atoms with Gasteiger partial charge in [-0.1, -0.05) is 0 Å². The Kier molecular flexibility index (Phi) is 6.37. The second kappa shape index (κ2) is 9.30. The molecule has 3 aromatic heterocycles. The van der Waals surface area contributed by atoms with E-state index in [1.54, 1.807) is 28.0 Å². The molecular formula is C21H28N8O3S2. The van der Waals surface area contributed by atoms with Crippen molar-refractivity contribution in [3.63, 3.8) is 0 Å². The number of sulfonamides is 1. The second-order valence-corrected chi connectivity index (χ2v) is 11.8. The third-order valence-corrected chi connectivity index (χ3v) is 8.58. The van der Waals surface area contributed by atoms with Crippen LogP contribution in [0.25, 0.3) is 21.6 Å². The van der Waals surface area contributed by atoms with Crippen LogP contribution in [0.5, 0.6) is 0 Å². The molecule has 5 rings (SSSR count). The van der Waals surface area contributed by atoms with Gasteiger partial charge in [0, 0.05) is 62.6 Å². The first-order chi connectivity index (χ1) is 16.3. The Bertz CT molecular complexity index is 1280. The minimum atomic E-state index is -3.17. The van der Waals surface area contributed by atoms with E-state index >= 15 is 0 Å². The number of rotatable bonds is 5. The van der Waals surface area contributed by atoms with Crippen LogP contribution in [0.1, 0.15) is 11.8 Å². The largest absolute Gasteiger partial charge is 0.378 e. The first-order valence-corrected chi connectivity index (χ1v) is 13.8. The zero-order valence-electron chi connectivity index (χ0n) is 19.2. The van der Waals surface area contributed by atoms with Gasteiger partial charge in [0.15, 0.2) is 11.6 Å². The number of ether oxygens (including phenoxy) is 1. The summed E-state index contributed by atoms with van der Waals surface area (Å²) in [4.78, 5) is 23.6. The van der Waals surface area contributed by atoms with Gasteiger partial charge in [-0.25, -0.2) is 28.4 Å². The SMILES string of the molecule is C[C@H]1CN(S(C)(=O)=O)CCN1Cc1cc2nc(-c3cnc(N)nc3)nc(N3CCOCC3)c2s1. The number of anilines is 2. The minimum absolute atomic E-state index is 0.126. The van der Waals surface area contributed by atoms with Gasteiger partial charge in [-0.3, -0.25) is 4.90 Å². The van der Waals surface area contributed by atoms with Crippen LogP contribution in [0, 0.1) is 0 Å². The molecule has 2 aliphatic heterocycles. The third kappa shape index (κ3) is 4.84. The van der Waals surface area contributed by atoms with Crippen LogP contribution < -0.4 is 10.6 Å². The Morgan fingerprint density at radius 3 is 2.56 bits per heavy atom. The Hall–Kier alpha value is -2.45. The van der Waals surface area contributed by atoms with Crippen molar-refractivity contribution in [1.29, 1.82) is 0 Å². The van der Waals surface area contributed by atoms with E-state index in [0.29, 0.717) is 44.2 Å². The molecular weight excluding hydrogens is 476 g/mol. The second-order valence-electron chi connectivity index (χ2n) is 8.67. The molecule has 182 valence electrons. The minimum Gasteiger partial charge on any atom is -0.378 e. The molecule has 5 heterocycles. The molecule has 0 spiro atoms. The van der Waals surface area contributed by atoms with E-state index in [0.717, 1.165) is 35.7 Å². The molecule has 0 aromatic carbocycles. The van der Waals surface area contributed by atoms with Crippen LogP contribution >= 0.6 is 11.3 Å². The molecule has 13 heteroatoms. The molecule has 34 heavy (non-hydrogen) atoms. The molecule has 2 fully saturated rings. The average Bonchev–Trinajstić information content (AvgIpc) is 3.22. The van der Waals surface area contributed by atoms with Crippen LogP contribution in [-0.2, 0) is 21.3 Å². The Balaban J connectivity index is 1.47. The summed E-state index contributed by atoms with van der Waals surface area (Å²) in [5, 5.41) is 0. The normalized spacial score (nSPS) is 20.8. The monoisotopic (exact) mass is 504 g/mol. The topological polar surface area (TPSA) is 131 Å². The highest BCUT2D eigenvalue weighted by atomic mass is 32.2. The number of aromatic nitrogens is 4. The Morgan fingerprint density at radius 2 is 1.88 bits per heavy atom. The highest BCUT2D eigenvalue weighted by Gasteiger charge is 2.29. The Morgan fingerprint density at radius 1 is 1.15 bits per heavy atom. The molecule has 0 amide bonds. The van der Waals surface area contributed by atoms with Crippen molar-refractivity contribution >= 4 is 43.3 Å². The summed E-state index contributed by atoms with van der Waals surface area (Å²) in [6.07, 6.45) is 4.56. The molecule has 2 aliphatic rings. The molecule has 0 radical (unpaired) electrons. The Labute approximate surface area is 202 Å². The smallest absolute Gasteiger partial charge is 0.219 e.